The summed E-state index contributed by atoms with van der Waals surface area (Å²) in [5.74, 6) is 0.932. The van der Waals surface area contributed by atoms with Gasteiger partial charge in [-0.1, -0.05) is 86.9 Å². The maximum Gasteiger partial charge on any atom is 0.163 e. The molecule has 1 heterocycles. The zero-order valence-corrected chi connectivity index (χ0v) is 30.3. The monoisotopic (exact) mass is 690 g/mol. The van der Waals surface area contributed by atoms with Gasteiger partial charge < -0.3 is 20.7 Å². The molecule has 0 saturated carbocycles. The number of aromatic nitrogens is 1. The number of phenolic OH excluding ortho intramolecular Hbond substituents is 1. The highest BCUT2D eigenvalue weighted by Gasteiger charge is 2.15. The highest BCUT2D eigenvalue weighted by Crippen LogP contribution is 2.32. The van der Waals surface area contributed by atoms with Crippen LogP contribution in [0.5, 0.6) is 11.5 Å². The first kappa shape index (κ1) is 39.0. The van der Waals surface area contributed by atoms with Crippen LogP contribution in [-0.2, 0) is 41.7 Å². The van der Waals surface area contributed by atoms with Gasteiger partial charge in [0.2, 0.25) is 0 Å². The lowest BCUT2D eigenvalue weighted by atomic mass is 9.91. The second-order valence-corrected chi connectivity index (χ2v) is 13.5. The summed E-state index contributed by atoms with van der Waals surface area (Å²) in [6, 6.07) is 24.5. The van der Waals surface area contributed by atoms with Crippen molar-refractivity contribution >= 4 is 23.5 Å². The zero-order chi connectivity index (χ0) is 36.4. The van der Waals surface area contributed by atoms with E-state index in [2.05, 4.69) is 60.4 Å². The van der Waals surface area contributed by atoms with Crippen LogP contribution in [0.2, 0.25) is 0 Å². The van der Waals surface area contributed by atoms with Crippen molar-refractivity contribution in [3.8, 4) is 11.5 Å². The minimum absolute atomic E-state index is 0.00351. The Morgan fingerprint density at radius 1 is 0.843 bits per heavy atom. The first-order valence-electron chi connectivity index (χ1n) is 18.4. The largest absolute Gasteiger partial charge is 0.504 e. The van der Waals surface area contributed by atoms with E-state index in [0.717, 1.165) is 80.9 Å². The number of benzene rings is 3. The Hall–Kier alpha value is -4.75. The third-order valence-electron chi connectivity index (χ3n) is 9.50. The predicted octanol–water partition coefficient (Wildman–Crippen LogP) is 8.44. The molecule has 0 fully saturated rings. The number of aryl methyl sites for hydroxylation is 4. The molecule has 7 nitrogen and oxygen atoms in total. The minimum Gasteiger partial charge on any atom is -0.504 e. The molecule has 4 N–H and O–H groups in total. The first-order valence-corrected chi connectivity index (χ1v) is 18.4. The van der Waals surface area contributed by atoms with E-state index in [1.165, 1.54) is 29.9 Å². The SMILES string of the molecule is CCCC(CCCO)CCCC(=O)CC(=O)C=Cc1cc(OC)c(O)cc1Cc1cnc(N)cc1CCc1cccc(CCc2ccccc2)c1. The van der Waals surface area contributed by atoms with Crippen molar-refractivity contribution in [1.82, 2.24) is 4.98 Å². The number of hydrogen-bond acceptors (Lipinski definition) is 7. The third-order valence-corrected chi connectivity index (χ3v) is 9.50. The van der Waals surface area contributed by atoms with Crippen molar-refractivity contribution in [1.29, 1.82) is 0 Å². The highest BCUT2D eigenvalue weighted by atomic mass is 16.5. The molecule has 4 rings (SSSR count). The number of Topliss-reactive ketones (excluding diaryl/α,β-unsaturated/α-hetero) is 1. The van der Waals surface area contributed by atoms with Crippen LogP contribution in [-0.4, -0.2) is 40.5 Å². The number of phenols is 1. The fourth-order valence-corrected chi connectivity index (χ4v) is 6.73. The lowest BCUT2D eigenvalue weighted by molar-refractivity contribution is -0.124. The number of nitrogen functional groups attached to an aromatic ring is 1. The summed E-state index contributed by atoms with van der Waals surface area (Å²) in [4.78, 5) is 29.9. The maximum atomic E-state index is 12.9. The van der Waals surface area contributed by atoms with Crippen LogP contribution in [0, 0.1) is 5.92 Å². The fraction of sp³-hybridized carbons (Fsp3) is 0.386. The minimum atomic E-state index is -0.260. The predicted molar refractivity (Wildman–Crippen MR) is 206 cm³/mol. The summed E-state index contributed by atoms with van der Waals surface area (Å²) >= 11 is 0. The molecule has 0 radical (unpaired) electrons. The van der Waals surface area contributed by atoms with Crippen LogP contribution in [0.25, 0.3) is 6.08 Å². The van der Waals surface area contributed by atoms with Crippen LogP contribution in [0.15, 0.2) is 85.1 Å². The Morgan fingerprint density at radius 3 is 2.27 bits per heavy atom. The Labute approximate surface area is 303 Å². The lowest BCUT2D eigenvalue weighted by Gasteiger charge is -2.15. The lowest BCUT2D eigenvalue weighted by Crippen LogP contribution is -2.07. The van der Waals surface area contributed by atoms with Gasteiger partial charge in [0.05, 0.1) is 13.5 Å². The van der Waals surface area contributed by atoms with E-state index in [0.29, 0.717) is 35.9 Å². The molecule has 0 aliphatic carbocycles. The molecule has 0 aliphatic rings. The molecule has 4 aromatic rings. The summed E-state index contributed by atoms with van der Waals surface area (Å²) in [5, 5.41) is 19.9. The van der Waals surface area contributed by atoms with Crippen LogP contribution in [0.4, 0.5) is 5.82 Å². The Kier molecular flexibility index (Phi) is 15.9. The average Bonchev–Trinajstić information content (AvgIpc) is 3.13. The van der Waals surface area contributed by atoms with Crippen molar-refractivity contribution in [3.05, 3.63) is 124 Å². The molecule has 51 heavy (non-hydrogen) atoms. The van der Waals surface area contributed by atoms with Gasteiger partial charge in [-0.25, -0.2) is 4.98 Å². The average molecular weight is 691 g/mol. The highest BCUT2D eigenvalue weighted by molar-refractivity contribution is 6.06. The van der Waals surface area contributed by atoms with Crippen molar-refractivity contribution in [2.75, 3.05) is 19.5 Å². The number of pyridine rings is 1. The standard InChI is InChI=1S/C44H54N2O5/c1-3-10-32(16-9-24-47)13-8-17-40(48)30-41(49)23-22-36-28-43(51-2)42(50)27-38(36)26-39-31-46-44(45)29-37(39)21-20-35-15-7-14-34(25-35)19-18-33-11-5-4-6-12-33/h4-7,11-12,14-15,22-23,25,27-29,31-32,47,50H,3,8-10,13,16-21,24,26,30H2,1-2H3,(H2,45,46). The van der Waals surface area contributed by atoms with Gasteiger partial charge >= 0.3 is 0 Å². The van der Waals surface area contributed by atoms with Gasteiger partial charge in [-0.2, -0.15) is 0 Å². The van der Waals surface area contributed by atoms with Crippen LogP contribution in [0.3, 0.4) is 0 Å². The smallest absolute Gasteiger partial charge is 0.163 e. The molecule has 7 heteroatoms. The number of nitrogens with zero attached hydrogens (tertiary/aromatic N) is 1. The number of ether oxygens (including phenoxy) is 1. The number of aromatic hydroxyl groups is 1. The van der Waals surface area contributed by atoms with Gasteiger partial charge in [-0.3, -0.25) is 9.59 Å². The molecule has 270 valence electrons. The summed E-state index contributed by atoms with van der Waals surface area (Å²) in [7, 11) is 1.49. The Morgan fingerprint density at radius 2 is 1.55 bits per heavy atom. The van der Waals surface area contributed by atoms with Crippen molar-refractivity contribution in [3.63, 3.8) is 0 Å². The number of aliphatic hydroxyl groups excluding tert-OH is 1. The number of carbonyl (C=O) groups is 2. The third kappa shape index (κ3) is 13.1. The molecular formula is C44H54N2O5. The second-order valence-electron chi connectivity index (χ2n) is 13.5. The number of methoxy groups -OCH3 is 1. The maximum absolute atomic E-state index is 12.9. The van der Waals surface area contributed by atoms with E-state index in [4.69, 9.17) is 15.6 Å². The van der Waals surface area contributed by atoms with Crippen molar-refractivity contribution < 1.29 is 24.5 Å². The van der Waals surface area contributed by atoms with Crippen molar-refractivity contribution in [2.24, 2.45) is 5.92 Å². The number of carbonyl (C=O) groups excluding carboxylic acids is 2. The van der Waals surface area contributed by atoms with Gasteiger partial charge in [0, 0.05) is 19.2 Å². The molecule has 1 aromatic heterocycles. The number of nitrogens with two attached hydrogens (primary N) is 1. The normalized spacial score (nSPS) is 11.9. The number of anilines is 1. The summed E-state index contributed by atoms with van der Waals surface area (Å²) in [5.41, 5.74) is 13.6. The summed E-state index contributed by atoms with van der Waals surface area (Å²) < 4.78 is 5.38. The van der Waals surface area contributed by atoms with E-state index < -0.39 is 0 Å². The number of rotatable bonds is 22. The number of aliphatic hydroxyl groups is 1. The second kappa shape index (κ2) is 20.8. The Bertz CT molecular complexity index is 1730. The van der Waals surface area contributed by atoms with Crippen molar-refractivity contribution in [2.45, 2.75) is 90.4 Å². The number of ketones is 2. The van der Waals surface area contributed by atoms with Crippen LogP contribution >= 0.6 is 0 Å². The first-order chi connectivity index (χ1) is 24.8. The molecule has 0 saturated heterocycles. The van der Waals surface area contributed by atoms with E-state index in [9.17, 15) is 14.7 Å². The van der Waals surface area contributed by atoms with Crippen LogP contribution in [0.1, 0.15) is 97.2 Å². The summed E-state index contributed by atoms with van der Waals surface area (Å²) in [6.07, 6.45) is 14.8. The van der Waals surface area contributed by atoms with Gasteiger partial charge in [0.15, 0.2) is 17.3 Å². The van der Waals surface area contributed by atoms with E-state index >= 15 is 0 Å². The van der Waals surface area contributed by atoms with Gasteiger partial charge in [-0.15, -0.1) is 0 Å². The van der Waals surface area contributed by atoms with E-state index in [-0.39, 0.29) is 30.3 Å². The van der Waals surface area contributed by atoms with E-state index in [1.54, 1.807) is 24.4 Å². The zero-order valence-electron chi connectivity index (χ0n) is 30.3. The topological polar surface area (TPSA) is 123 Å². The molecule has 0 amide bonds. The quantitative estimate of drug-likeness (QED) is 0.0559. The van der Waals surface area contributed by atoms with Gasteiger partial charge in [-0.05, 0) is 121 Å². The number of hydrogen-bond donors (Lipinski definition) is 3. The van der Waals surface area contributed by atoms with Gasteiger partial charge in [0.1, 0.15) is 11.6 Å². The summed E-state index contributed by atoms with van der Waals surface area (Å²) in [6.45, 7) is 2.34. The Balaban J connectivity index is 1.42. The molecule has 0 spiro atoms. The fourth-order valence-electron chi connectivity index (χ4n) is 6.73. The molecule has 1 atom stereocenters. The molecule has 3 aromatic carbocycles. The molecular weight excluding hydrogens is 636 g/mol. The molecule has 0 aliphatic heterocycles. The molecule has 0 bridgehead atoms. The van der Waals surface area contributed by atoms with Crippen LogP contribution < -0.4 is 10.5 Å². The molecule has 1 unspecified atom stereocenters. The van der Waals surface area contributed by atoms with Gasteiger partial charge in [0.25, 0.3) is 0 Å². The number of allylic oxidation sites excluding steroid dienone is 1. The van der Waals surface area contributed by atoms with E-state index in [1.807, 2.05) is 12.1 Å².